The third-order valence-electron chi connectivity index (χ3n) is 4.94. The van der Waals surface area contributed by atoms with Gasteiger partial charge in [-0.25, -0.2) is 4.79 Å². The van der Waals surface area contributed by atoms with Crippen molar-refractivity contribution in [1.82, 2.24) is 4.90 Å². The first-order chi connectivity index (χ1) is 13.7. The number of amides is 1. The largest absolute Gasteiger partial charge is 0.468 e. The maximum atomic E-state index is 13.5. The van der Waals surface area contributed by atoms with E-state index in [4.69, 9.17) is 9.47 Å². The molecule has 0 radical (unpaired) electrons. The average Bonchev–Trinajstić information content (AvgIpc) is 3.08. The van der Waals surface area contributed by atoms with Crippen molar-refractivity contribution in [3.63, 3.8) is 0 Å². The first-order valence-corrected chi connectivity index (χ1v) is 11.0. The number of nitrogens with zero attached hydrogens (tertiary/aromatic N) is 1. The molecule has 1 aliphatic rings. The molecule has 1 amide bonds. The summed E-state index contributed by atoms with van der Waals surface area (Å²) in [5.74, 6) is -2.39. The standard InChI is InChI=1S/C22H30BrNO5/c1-22(2,3)29-21(27)18-11-10-16(12-13-23)24(18)19(25)17(20(26)28-4)14-15-8-6-5-7-9-15/h5-9,16-18H,10-14H2,1-4H3/t16-,17?,18+/m1/s1. The van der Waals surface area contributed by atoms with Crippen molar-refractivity contribution >= 4 is 33.8 Å². The van der Waals surface area contributed by atoms with Crippen LogP contribution in [0.1, 0.15) is 45.6 Å². The van der Waals surface area contributed by atoms with Crippen LogP contribution in [0, 0.1) is 5.92 Å². The molecule has 1 aromatic rings. The summed E-state index contributed by atoms with van der Waals surface area (Å²) >= 11 is 3.43. The van der Waals surface area contributed by atoms with Crippen LogP contribution < -0.4 is 0 Å². The van der Waals surface area contributed by atoms with E-state index in [0.717, 1.165) is 5.56 Å². The van der Waals surface area contributed by atoms with Gasteiger partial charge < -0.3 is 14.4 Å². The highest BCUT2D eigenvalue weighted by Crippen LogP contribution is 2.31. The second-order valence-corrected chi connectivity index (χ2v) is 9.06. The summed E-state index contributed by atoms with van der Waals surface area (Å²) in [4.78, 5) is 40.4. The van der Waals surface area contributed by atoms with Gasteiger partial charge in [-0.1, -0.05) is 46.3 Å². The second-order valence-electron chi connectivity index (χ2n) is 8.27. The van der Waals surface area contributed by atoms with Gasteiger partial charge in [0.15, 0.2) is 0 Å². The lowest BCUT2D eigenvalue weighted by molar-refractivity contribution is -0.167. The molecule has 0 spiro atoms. The Morgan fingerprint density at radius 1 is 1.17 bits per heavy atom. The van der Waals surface area contributed by atoms with E-state index in [1.165, 1.54) is 7.11 Å². The molecule has 0 saturated carbocycles. The summed E-state index contributed by atoms with van der Waals surface area (Å²) in [6.45, 7) is 5.40. The highest BCUT2D eigenvalue weighted by Gasteiger charge is 2.46. The Balaban J connectivity index is 2.31. The minimum Gasteiger partial charge on any atom is -0.468 e. The van der Waals surface area contributed by atoms with E-state index in [1.807, 2.05) is 30.3 Å². The molecule has 29 heavy (non-hydrogen) atoms. The molecule has 3 atom stereocenters. The molecule has 0 aliphatic carbocycles. The summed E-state index contributed by atoms with van der Waals surface area (Å²) < 4.78 is 10.5. The third-order valence-corrected chi connectivity index (χ3v) is 5.40. The predicted molar refractivity (Wildman–Crippen MR) is 114 cm³/mol. The topological polar surface area (TPSA) is 72.9 Å². The molecular weight excluding hydrogens is 438 g/mol. The third kappa shape index (κ3) is 6.29. The Morgan fingerprint density at radius 2 is 1.83 bits per heavy atom. The van der Waals surface area contributed by atoms with Crippen molar-refractivity contribution in [3.05, 3.63) is 35.9 Å². The maximum Gasteiger partial charge on any atom is 0.329 e. The number of carbonyl (C=O) groups excluding carboxylic acids is 3. The number of alkyl halides is 1. The molecule has 1 saturated heterocycles. The van der Waals surface area contributed by atoms with Crippen LogP contribution in [-0.2, 0) is 30.3 Å². The monoisotopic (exact) mass is 467 g/mol. The lowest BCUT2D eigenvalue weighted by Gasteiger charge is -2.33. The zero-order valence-corrected chi connectivity index (χ0v) is 19.1. The normalized spacial score (nSPS) is 20.2. The highest BCUT2D eigenvalue weighted by atomic mass is 79.9. The Morgan fingerprint density at radius 3 is 2.38 bits per heavy atom. The quantitative estimate of drug-likeness (QED) is 0.348. The van der Waals surface area contributed by atoms with Crippen LogP contribution in [-0.4, -0.2) is 52.9 Å². The molecule has 1 aliphatic heterocycles. The number of hydrogen-bond donors (Lipinski definition) is 0. The van der Waals surface area contributed by atoms with Gasteiger partial charge in [0.05, 0.1) is 7.11 Å². The van der Waals surface area contributed by atoms with E-state index in [-0.39, 0.29) is 18.4 Å². The predicted octanol–water partition coefficient (Wildman–Crippen LogP) is 3.50. The number of halogens is 1. The Bertz CT molecular complexity index is 716. The van der Waals surface area contributed by atoms with Crippen LogP contribution in [0.3, 0.4) is 0 Å². The summed E-state index contributed by atoms with van der Waals surface area (Å²) in [5.41, 5.74) is 0.215. The van der Waals surface area contributed by atoms with Gasteiger partial charge in [-0.3, -0.25) is 9.59 Å². The first-order valence-electron chi connectivity index (χ1n) is 9.90. The van der Waals surface area contributed by atoms with Crippen LogP contribution in [0.15, 0.2) is 30.3 Å². The van der Waals surface area contributed by atoms with Crippen LogP contribution in [0.25, 0.3) is 0 Å². The molecular formula is C22H30BrNO5. The number of hydrogen-bond acceptors (Lipinski definition) is 5. The van der Waals surface area contributed by atoms with Crippen molar-refractivity contribution in [1.29, 1.82) is 0 Å². The average molecular weight is 468 g/mol. The molecule has 2 rings (SSSR count). The van der Waals surface area contributed by atoms with Crippen LogP contribution in [0.5, 0.6) is 0 Å². The number of rotatable bonds is 7. The minimum atomic E-state index is -0.997. The van der Waals surface area contributed by atoms with Gasteiger partial charge in [-0.05, 0) is 52.0 Å². The molecule has 160 valence electrons. The van der Waals surface area contributed by atoms with E-state index in [9.17, 15) is 14.4 Å². The van der Waals surface area contributed by atoms with Crippen LogP contribution >= 0.6 is 15.9 Å². The van der Waals surface area contributed by atoms with Crippen LogP contribution in [0.4, 0.5) is 0 Å². The molecule has 1 unspecified atom stereocenters. The zero-order chi connectivity index (χ0) is 21.6. The van der Waals surface area contributed by atoms with Crippen molar-refractivity contribution in [2.24, 2.45) is 5.92 Å². The minimum absolute atomic E-state index is 0.123. The molecule has 1 heterocycles. The molecule has 1 fully saturated rings. The summed E-state index contributed by atoms with van der Waals surface area (Å²) in [6, 6.07) is 8.53. The van der Waals surface area contributed by atoms with Gasteiger partial charge in [-0.2, -0.15) is 0 Å². The number of methoxy groups -OCH3 is 1. The van der Waals surface area contributed by atoms with Gasteiger partial charge >= 0.3 is 11.9 Å². The van der Waals surface area contributed by atoms with Gasteiger partial charge in [0.25, 0.3) is 0 Å². The second kappa shape index (κ2) is 10.2. The number of likely N-dealkylation sites (tertiary alicyclic amines) is 1. The number of carbonyl (C=O) groups is 3. The highest BCUT2D eigenvalue weighted by molar-refractivity contribution is 9.09. The molecule has 0 N–H and O–H groups in total. The zero-order valence-electron chi connectivity index (χ0n) is 17.5. The Labute approximate surface area is 181 Å². The first kappa shape index (κ1) is 23.4. The van der Waals surface area contributed by atoms with E-state index in [2.05, 4.69) is 15.9 Å². The fraction of sp³-hybridized carbons (Fsp3) is 0.591. The summed E-state index contributed by atoms with van der Waals surface area (Å²) in [5, 5.41) is 0.698. The Hall–Kier alpha value is -1.89. The van der Waals surface area contributed by atoms with E-state index < -0.39 is 29.5 Å². The van der Waals surface area contributed by atoms with E-state index in [1.54, 1.807) is 25.7 Å². The molecule has 6 nitrogen and oxygen atoms in total. The van der Waals surface area contributed by atoms with Crippen molar-refractivity contribution < 1.29 is 23.9 Å². The SMILES string of the molecule is COC(=O)C(Cc1ccccc1)C(=O)N1[C@@H](CCBr)CC[C@H]1C(=O)OC(C)(C)C. The summed E-state index contributed by atoms with van der Waals surface area (Å²) in [6.07, 6.45) is 2.15. The molecule has 0 aromatic heterocycles. The fourth-order valence-corrected chi connectivity index (χ4v) is 4.20. The molecule has 7 heteroatoms. The van der Waals surface area contributed by atoms with Crippen molar-refractivity contribution in [3.8, 4) is 0 Å². The lowest BCUT2D eigenvalue weighted by Crippen LogP contribution is -2.51. The van der Waals surface area contributed by atoms with E-state index in [0.29, 0.717) is 24.6 Å². The maximum absolute atomic E-state index is 13.5. The van der Waals surface area contributed by atoms with Gasteiger partial charge in [-0.15, -0.1) is 0 Å². The van der Waals surface area contributed by atoms with Crippen molar-refractivity contribution in [2.45, 2.75) is 64.1 Å². The van der Waals surface area contributed by atoms with E-state index >= 15 is 0 Å². The Kier molecular flexibility index (Phi) is 8.25. The number of ether oxygens (including phenoxy) is 2. The molecule has 0 bridgehead atoms. The molecule has 1 aromatic carbocycles. The van der Waals surface area contributed by atoms with Gasteiger partial charge in [0, 0.05) is 11.4 Å². The fourth-order valence-electron chi connectivity index (χ4n) is 3.67. The summed E-state index contributed by atoms with van der Waals surface area (Å²) in [7, 11) is 1.28. The van der Waals surface area contributed by atoms with Crippen LogP contribution in [0.2, 0.25) is 0 Å². The van der Waals surface area contributed by atoms with Gasteiger partial charge in [0.1, 0.15) is 17.6 Å². The lowest BCUT2D eigenvalue weighted by atomic mass is 9.97. The number of benzene rings is 1. The number of esters is 2. The smallest absolute Gasteiger partial charge is 0.329 e. The van der Waals surface area contributed by atoms with Gasteiger partial charge in [0.2, 0.25) is 5.91 Å². The van der Waals surface area contributed by atoms with Crippen molar-refractivity contribution in [2.75, 3.05) is 12.4 Å².